The molecule has 1 atom stereocenters. The van der Waals surface area contributed by atoms with Gasteiger partial charge in [-0.2, -0.15) is 0 Å². The van der Waals surface area contributed by atoms with Crippen LogP contribution in [0.25, 0.3) is 0 Å². The summed E-state index contributed by atoms with van der Waals surface area (Å²) >= 11 is 0. The van der Waals surface area contributed by atoms with Gasteiger partial charge >= 0.3 is 0 Å². The van der Waals surface area contributed by atoms with Gasteiger partial charge < -0.3 is 14.4 Å². The number of hydrogen-bond acceptors (Lipinski definition) is 3. The van der Waals surface area contributed by atoms with E-state index in [1.165, 1.54) is 0 Å². The quantitative estimate of drug-likeness (QED) is 0.672. The summed E-state index contributed by atoms with van der Waals surface area (Å²) in [6, 6.07) is 0. The van der Waals surface area contributed by atoms with E-state index in [1.807, 2.05) is 13.1 Å². The average molecular weight is 240 g/mol. The van der Waals surface area contributed by atoms with E-state index in [0.29, 0.717) is 6.42 Å². The second-order valence-corrected chi connectivity index (χ2v) is 4.23. The molecule has 1 aromatic rings. The van der Waals surface area contributed by atoms with Gasteiger partial charge in [-0.3, -0.25) is 0 Å². The van der Waals surface area contributed by atoms with Crippen LogP contribution in [0.1, 0.15) is 38.9 Å². The van der Waals surface area contributed by atoms with Crippen LogP contribution in [0.5, 0.6) is 0 Å². The first-order chi connectivity index (χ1) is 8.27. The minimum absolute atomic E-state index is 0.312. The maximum atomic E-state index is 9.90. The molecular weight excluding hydrogens is 216 g/mol. The van der Waals surface area contributed by atoms with Crippen molar-refractivity contribution in [2.75, 3.05) is 13.2 Å². The van der Waals surface area contributed by atoms with E-state index >= 15 is 0 Å². The van der Waals surface area contributed by atoms with Crippen molar-refractivity contribution >= 4 is 0 Å². The van der Waals surface area contributed by atoms with Gasteiger partial charge in [0.1, 0.15) is 5.82 Å². The van der Waals surface area contributed by atoms with Crippen molar-refractivity contribution in [3.05, 3.63) is 18.2 Å². The van der Waals surface area contributed by atoms with Crippen LogP contribution in [0.4, 0.5) is 0 Å². The van der Waals surface area contributed by atoms with E-state index in [0.717, 1.165) is 44.8 Å². The highest BCUT2D eigenvalue weighted by molar-refractivity contribution is 4.94. The van der Waals surface area contributed by atoms with Crippen molar-refractivity contribution in [1.29, 1.82) is 0 Å². The topological polar surface area (TPSA) is 47.3 Å². The molecule has 98 valence electrons. The van der Waals surface area contributed by atoms with Crippen LogP contribution >= 0.6 is 0 Å². The lowest BCUT2D eigenvalue weighted by Crippen LogP contribution is -2.15. The van der Waals surface area contributed by atoms with E-state index in [1.54, 1.807) is 6.20 Å². The zero-order valence-electron chi connectivity index (χ0n) is 10.9. The van der Waals surface area contributed by atoms with Crippen molar-refractivity contribution in [3.8, 4) is 0 Å². The number of imidazole rings is 1. The van der Waals surface area contributed by atoms with E-state index in [4.69, 9.17) is 4.74 Å². The van der Waals surface area contributed by atoms with Gasteiger partial charge in [0.15, 0.2) is 0 Å². The lowest BCUT2D eigenvalue weighted by molar-refractivity contribution is 0.113. The zero-order valence-corrected chi connectivity index (χ0v) is 10.9. The standard InChI is InChI=1S/C13H24N2O2/c1-3-8-15-9-7-14-13(15)11-12(16)6-5-10-17-4-2/h7,9,12,16H,3-6,8,10-11H2,1-2H3. The molecule has 0 bridgehead atoms. The molecule has 1 unspecified atom stereocenters. The number of rotatable bonds is 9. The molecular formula is C13H24N2O2. The summed E-state index contributed by atoms with van der Waals surface area (Å²) < 4.78 is 7.37. The molecule has 1 rings (SSSR count). The number of aromatic nitrogens is 2. The molecule has 0 radical (unpaired) electrons. The van der Waals surface area contributed by atoms with Gasteiger partial charge in [-0.15, -0.1) is 0 Å². The third-order valence-electron chi connectivity index (χ3n) is 2.71. The molecule has 4 nitrogen and oxygen atoms in total. The molecule has 0 amide bonds. The number of hydrogen-bond donors (Lipinski definition) is 1. The van der Waals surface area contributed by atoms with Crippen LogP contribution in [0, 0.1) is 0 Å². The van der Waals surface area contributed by atoms with Crippen molar-refractivity contribution in [1.82, 2.24) is 9.55 Å². The van der Waals surface area contributed by atoms with Gasteiger partial charge in [0.25, 0.3) is 0 Å². The molecule has 4 heteroatoms. The summed E-state index contributed by atoms with van der Waals surface area (Å²) in [5, 5.41) is 9.90. The van der Waals surface area contributed by atoms with Crippen LogP contribution in [-0.4, -0.2) is 34.0 Å². The van der Waals surface area contributed by atoms with Gasteiger partial charge in [-0.25, -0.2) is 4.98 Å². The third-order valence-corrected chi connectivity index (χ3v) is 2.71. The van der Waals surface area contributed by atoms with Gasteiger partial charge in [0.05, 0.1) is 6.10 Å². The predicted molar refractivity (Wildman–Crippen MR) is 68.0 cm³/mol. The van der Waals surface area contributed by atoms with Crippen molar-refractivity contribution < 1.29 is 9.84 Å². The van der Waals surface area contributed by atoms with Crippen molar-refractivity contribution in [2.45, 2.75) is 52.2 Å². The molecule has 0 aliphatic rings. The Bertz CT molecular complexity index is 299. The fourth-order valence-corrected chi connectivity index (χ4v) is 1.85. The predicted octanol–water partition coefficient (Wildman–Crippen LogP) is 2.01. The maximum Gasteiger partial charge on any atom is 0.111 e. The number of aliphatic hydroxyl groups excluding tert-OH is 1. The second kappa shape index (κ2) is 8.25. The monoisotopic (exact) mass is 240 g/mol. The fraction of sp³-hybridized carbons (Fsp3) is 0.769. The van der Waals surface area contributed by atoms with Crippen molar-refractivity contribution in [3.63, 3.8) is 0 Å². The van der Waals surface area contributed by atoms with Gasteiger partial charge in [0.2, 0.25) is 0 Å². The Morgan fingerprint density at radius 1 is 1.47 bits per heavy atom. The van der Waals surface area contributed by atoms with E-state index in [2.05, 4.69) is 16.5 Å². The van der Waals surface area contributed by atoms with Crippen LogP contribution in [-0.2, 0) is 17.7 Å². The molecule has 0 saturated heterocycles. The SMILES string of the molecule is CCCn1ccnc1CC(O)CCCOCC. The minimum Gasteiger partial charge on any atom is -0.393 e. The summed E-state index contributed by atoms with van der Waals surface area (Å²) in [4.78, 5) is 4.29. The zero-order chi connectivity index (χ0) is 12.5. The van der Waals surface area contributed by atoms with Gasteiger partial charge in [-0.1, -0.05) is 6.92 Å². The lowest BCUT2D eigenvalue weighted by Gasteiger charge is -2.11. The minimum atomic E-state index is -0.312. The number of aliphatic hydroxyl groups is 1. The second-order valence-electron chi connectivity index (χ2n) is 4.23. The summed E-state index contributed by atoms with van der Waals surface area (Å²) in [5.74, 6) is 0.982. The Kier molecular flexibility index (Phi) is 6.89. The molecule has 0 saturated carbocycles. The van der Waals surface area contributed by atoms with Crippen LogP contribution < -0.4 is 0 Å². The Morgan fingerprint density at radius 3 is 3.00 bits per heavy atom. The van der Waals surface area contributed by atoms with Crippen LogP contribution in [0.2, 0.25) is 0 Å². The molecule has 0 aliphatic heterocycles. The Morgan fingerprint density at radius 2 is 2.29 bits per heavy atom. The molecule has 17 heavy (non-hydrogen) atoms. The summed E-state index contributed by atoms with van der Waals surface area (Å²) in [5.41, 5.74) is 0. The highest BCUT2D eigenvalue weighted by Crippen LogP contribution is 2.07. The lowest BCUT2D eigenvalue weighted by atomic mass is 10.1. The normalized spacial score (nSPS) is 12.9. The van der Waals surface area contributed by atoms with Gasteiger partial charge in [-0.05, 0) is 26.2 Å². The van der Waals surface area contributed by atoms with E-state index in [-0.39, 0.29) is 6.10 Å². The molecule has 0 spiro atoms. The summed E-state index contributed by atoms with van der Waals surface area (Å²) in [6.07, 6.45) is 6.88. The largest absolute Gasteiger partial charge is 0.393 e. The van der Waals surface area contributed by atoms with E-state index in [9.17, 15) is 5.11 Å². The first kappa shape index (κ1) is 14.2. The Hall–Kier alpha value is -0.870. The molecule has 1 N–H and O–H groups in total. The number of nitrogens with zero attached hydrogens (tertiary/aromatic N) is 2. The number of aryl methyl sites for hydroxylation is 1. The highest BCUT2D eigenvalue weighted by Gasteiger charge is 2.09. The molecule has 1 heterocycles. The van der Waals surface area contributed by atoms with E-state index < -0.39 is 0 Å². The number of ether oxygens (including phenoxy) is 1. The third kappa shape index (κ3) is 5.33. The molecule has 0 aliphatic carbocycles. The smallest absolute Gasteiger partial charge is 0.111 e. The first-order valence-corrected chi connectivity index (χ1v) is 6.53. The maximum absolute atomic E-state index is 9.90. The average Bonchev–Trinajstić information content (AvgIpc) is 2.73. The van der Waals surface area contributed by atoms with Crippen molar-refractivity contribution in [2.24, 2.45) is 0 Å². The molecule has 0 fully saturated rings. The van der Waals surface area contributed by atoms with Crippen LogP contribution in [0.3, 0.4) is 0 Å². The Labute approximate surface area is 104 Å². The summed E-state index contributed by atoms with van der Waals surface area (Å²) in [7, 11) is 0. The van der Waals surface area contributed by atoms with Crippen LogP contribution in [0.15, 0.2) is 12.4 Å². The fourth-order valence-electron chi connectivity index (χ4n) is 1.85. The summed E-state index contributed by atoms with van der Waals surface area (Å²) in [6.45, 7) is 6.58. The Balaban J connectivity index is 2.29. The highest BCUT2D eigenvalue weighted by atomic mass is 16.5. The molecule has 1 aromatic heterocycles. The first-order valence-electron chi connectivity index (χ1n) is 6.53. The van der Waals surface area contributed by atoms with Gasteiger partial charge in [0, 0.05) is 38.6 Å². The molecule has 0 aromatic carbocycles.